The van der Waals surface area contributed by atoms with E-state index < -0.39 is 16.7 Å². The minimum Gasteiger partial charge on any atom is -0.366 e. The summed E-state index contributed by atoms with van der Waals surface area (Å²) in [5, 5.41) is 20.0. The number of benzene rings is 2. The molecule has 0 bridgehead atoms. The third-order valence-electron chi connectivity index (χ3n) is 5.78. The molecule has 156 valence electrons. The molecule has 4 rings (SSSR count). The average molecular weight is 416 g/mol. The molecule has 0 spiro atoms. The van der Waals surface area contributed by atoms with Crippen LogP contribution >= 0.6 is 0 Å². The fraction of sp³-hybridized carbons (Fsp3) is 0.261. The Bertz CT molecular complexity index is 1120. The highest BCUT2D eigenvalue weighted by Gasteiger charge is 2.43. The summed E-state index contributed by atoms with van der Waals surface area (Å²) >= 11 is 0. The number of non-ortho nitro benzene ring substituents is 1. The SMILES string of the molecule is CC1CCN(C2=C(c3ccc([N+](=O)[O-])cc3)C(=O)N(c3ccc(C#N)cc3)C2=O)CC1. The Morgan fingerprint density at radius 1 is 1.00 bits per heavy atom. The van der Waals surface area contributed by atoms with Crippen molar-refractivity contribution in [3.05, 3.63) is 75.5 Å². The maximum atomic E-state index is 13.4. The average Bonchev–Trinajstić information content (AvgIpc) is 3.04. The van der Waals surface area contributed by atoms with Gasteiger partial charge in [-0.3, -0.25) is 19.7 Å². The molecule has 2 aromatic carbocycles. The normalized spacial score (nSPS) is 17.3. The van der Waals surface area contributed by atoms with Crippen molar-refractivity contribution < 1.29 is 14.5 Å². The Balaban J connectivity index is 1.78. The van der Waals surface area contributed by atoms with E-state index in [1.54, 1.807) is 24.3 Å². The first-order valence-corrected chi connectivity index (χ1v) is 10.0. The predicted octanol–water partition coefficient (Wildman–Crippen LogP) is 3.48. The van der Waals surface area contributed by atoms with Crippen molar-refractivity contribution in [3.8, 4) is 6.07 Å². The fourth-order valence-electron chi connectivity index (χ4n) is 3.97. The number of anilines is 1. The quantitative estimate of drug-likeness (QED) is 0.429. The smallest absolute Gasteiger partial charge is 0.282 e. The van der Waals surface area contributed by atoms with Crippen LogP contribution in [-0.4, -0.2) is 34.7 Å². The number of carbonyl (C=O) groups excluding carboxylic acids is 2. The standard InChI is InChI=1S/C23H20N4O4/c1-15-10-12-25(13-11-15)21-20(17-4-8-19(9-5-17)27(30)31)22(28)26(23(21)29)18-6-2-16(14-24)3-7-18/h2-9,15H,10-13H2,1H3. The van der Waals surface area contributed by atoms with Crippen molar-refractivity contribution >= 4 is 28.8 Å². The summed E-state index contributed by atoms with van der Waals surface area (Å²) in [5.41, 5.74) is 1.77. The maximum Gasteiger partial charge on any atom is 0.282 e. The highest BCUT2D eigenvalue weighted by Crippen LogP contribution is 2.36. The van der Waals surface area contributed by atoms with Gasteiger partial charge in [0.2, 0.25) is 0 Å². The number of amides is 2. The number of nitriles is 1. The lowest BCUT2D eigenvalue weighted by molar-refractivity contribution is -0.384. The molecule has 0 aromatic heterocycles. The molecular formula is C23H20N4O4. The van der Waals surface area contributed by atoms with Crippen molar-refractivity contribution in [1.82, 2.24) is 4.90 Å². The minimum atomic E-state index is -0.504. The molecule has 0 saturated carbocycles. The largest absolute Gasteiger partial charge is 0.366 e. The molecule has 8 nitrogen and oxygen atoms in total. The van der Waals surface area contributed by atoms with E-state index in [0.717, 1.165) is 17.7 Å². The lowest BCUT2D eigenvalue weighted by Crippen LogP contribution is -2.38. The van der Waals surface area contributed by atoms with E-state index in [4.69, 9.17) is 5.26 Å². The van der Waals surface area contributed by atoms with Gasteiger partial charge < -0.3 is 4.90 Å². The summed E-state index contributed by atoms with van der Waals surface area (Å²) in [7, 11) is 0. The first kappa shape index (κ1) is 20.3. The van der Waals surface area contributed by atoms with Crippen LogP contribution in [-0.2, 0) is 9.59 Å². The summed E-state index contributed by atoms with van der Waals surface area (Å²) in [6.45, 7) is 3.48. The first-order valence-electron chi connectivity index (χ1n) is 10.0. The molecule has 0 atom stereocenters. The first-order chi connectivity index (χ1) is 14.9. The molecule has 1 fully saturated rings. The second-order valence-corrected chi connectivity index (χ2v) is 7.80. The monoisotopic (exact) mass is 416 g/mol. The van der Waals surface area contributed by atoms with Crippen LogP contribution in [0.4, 0.5) is 11.4 Å². The van der Waals surface area contributed by atoms with Gasteiger partial charge in [0.15, 0.2) is 0 Å². The zero-order valence-electron chi connectivity index (χ0n) is 16.9. The van der Waals surface area contributed by atoms with Crippen LogP contribution in [0.2, 0.25) is 0 Å². The Hall–Kier alpha value is -3.99. The highest BCUT2D eigenvalue weighted by molar-refractivity contribution is 6.45. The Morgan fingerprint density at radius 2 is 1.61 bits per heavy atom. The molecule has 0 unspecified atom stereocenters. The molecule has 2 aliphatic rings. The number of nitrogens with zero attached hydrogens (tertiary/aromatic N) is 4. The lowest BCUT2D eigenvalue weighted by Gasteiger charge is -2.32. The van der Waals surface area contributed by atoms with Crippen LogP contribution in [0.1, 0.15) is 30.9 Å². The number of carbonyl (C=O) groups is 2. The van der Waals surface area contributed by atoms with Crippen LogP contribution < -0.4 is 4.90 Å². The second kappa shape index (κ2) is 8.03. The van der Waals surface area contributed by atoms with Crippen molar-refractivity contribution in [2.24, 2.45) is 5.92 Å². The molecule has 2 amide bonds. The molecule has 1 saturated heterocycles. The molecule has 0 radical (unpaired) electrons. The number of piperidine rings is 1. The van der Waals surface area contributed by atoms with Gasteiger partial charge in [-0.2, -0.15) is 5.26 Å². The highest BCUT2D eigenvalue weighted by atomic mass is 16.6. The number of imide groups is 1. The van der Waals surface area contributed by atoms with Gasteiger partial charge >= 0.3 is 0 Å². The van der Waals surface area contributed by atoms with Crippen molar-refractivity contribution in [2.45, 2.75) is 19.8 Å². The Labute approximate surface area is 179 Å². The van der Waals surface area contributed by atoms with Gasteiger partial charge in [0.1, 0.15) is 5.70 Å². The number of hydrogen-bond donors (Lipinski definition) is 0. The van der Waals surface area contributed by atoms with Crippen LogP contribution in [0.3, 0.4) is 0 Å². The second-order valence-electron chi connectivity index (χ2n) is 7.80. The van der Waals surface area contributed by atoms with E-state index >= 15 is 0 Å². The van der Waals surface area contributed by atoms with Gasteiger partial charge in [-0.25, -0.2) is 4.90 Å². The van der Waals surface area contributed by atoms with Gasteiger partial charge in [-0.15, -0.1) is 0 Å². The van der Waals surface area contributed by atoms with Crippen molar-refractivity contribution in [1.29, 1.82) is 5.26 Å². The minimum absolute atomic E-state index is 0.0848. The lowest BCUT2D eigenvalue weighted by atomic mass is 9.97. The zero-order valence-corrected chi connectivity index (χ0v) is 16.9. The topological polar surface area (TPSA) is 108 Å². The molecule has 2 heterocycles. The third-order valence-corrected chi connectivity index (χ3v) is 5.78. The van der Waals surface area contributed by atoms with E-state index in [9.17, 15) is 19.7 Å². The van der Waals surface area contributed by atoms with E-state index in [-0.39, 0.29) is 11.3 Å². The summed E-state index contributed by atoms with van der Waals surface area (Å²) in [4.78, 5) is 40.4. The number of nitro groups is 1. The van der Waals surface area contributed by atoms with E-state index in [1.165, 1.54) is 24.3 Å². The number of hydrogen-bond acceptors (Lipinski definition) is 6. The molecule has 0 N–H and O–H groups in total. The van der Waals surface area contributed by atoms with E-state index in [2.05, 4.69) is 6.92 Å². The van der Waals surface area contributed by atoms with E-state index in [1.807, 2.05) is 11.0 Å². The maximum absolute atomic E-state index is 13.4. The zero-order chi connectivity index (χ0) is 22.1. The van der Waals surface area contributed by atoms with Gasteiger partial charge in [0.25, 0.3) is 17.5 Å². The van der Waals surface area contributed by atoms with Crippen LogP contribution in [0, 0.1) is 27.4 Å². The van der Waals surface area contributed by atoms with Gasteiger partial charge in [0, 0.05) is 25.2 Å². The summed E-state index contributed by atoms with van der Waals surface area (Å²) < 4.78 is 0. The summed E-state index contributed by atoms with van der Waals surface area (Å²) in [5.74, 6) is -0.351. The van der Waals surface area contributed by atoms with Crippen LogP contribution in [0.5, 0.6) is 0 Å². The van der Waals surface area contributed by atoms with Crippen LogP contribution in [0.25, 0.3) is 5.57 Å². The van der Waals surface area contributed by atoms with Gasteiger partial charge in [-0.05, 0) is 60.7 Å². The van der Waals surface area contributed by atoms with Gasteiger partial charge in [0.05, 0.1) is 27.8 Å². The van der Waals surface area contributed by atoms with Crippen molar-refractivity contribution in [3.63, 3.8) is 0 Å². The molecule has 0 aliphatic carbocycles. The van der Waals surface area contributed by atoms with E-state index in [0.29, 0.717) is 41.5 Å². The fourth-order valence-corrected chi connectivity index (χ4v) is 3.97. The van der Waals surface area contributed by atoms with Crippen molar-refractivity contribution in [2.75, 3.05) is 18.0 Å². The molecule has 8 heteroatoms. The summed E-state index contributed by atoms with van der Waals surface area (Å²) in [6.07, 6.45) is 1.82. The third kappa shape index (κ3) is 3.66. The Morgan fingerprint density at radius 3 is 2.16 bits per heavy atom. The number of nitro benzene ring substituents is 1. The number of rotatable bonds is 4. The van der Waals surface area contributed by atoms with Gasteiger partial charge in [-0.1, -0.05) is 6.92 Å². The molecule has 2 aliphatic heterocycles. The Kier molecular flexibility index (Phi) is 5.26. The molecule has 2 aromatic rings. The molecular weight excluding hydrogens is 396 g/mol. The molecule has 31 heavy (non-hydrogen) atoms. The summed E-state index contributed by atoms with van der Waals surface area (Å²) in [6, 6.07) is 14.0. The predicted molar refractivity (Wildman–Crippen MR) is 114 cm³/mol. The van der Waals surface area contributed by atoms with Crippen LogP contribution in [0.15, 0.2) is 54.2 Å². The number of likely N-dealkylation sites (tertiary alicyclic amines) is 1.